The van der Waals surface area contributed by atoms with Crippen molar-refractivity contribution in [1.29, 1.82) is 0 Å². The molecule has 1 aliphatic carbocycles. The van der Waals surface area contributed by atoms with Gasteiger partial charge < -0.3 is 5.73 Å². The van der Waals surface area contributed by atoms with Crippen molar-refractivity contribution < 1.29 is 0 Å². The van der Waals surface area contributed by atoms with E-state index in [0.717, 1.165) is 17.0 Å². The van der Waals surface area contributed by atoms with Crippen molar-refractivity contribution in [3.05, 3.63) is 69.2 Å². The lowest BCUT2D eigenvalue weighted by Gasteiger charge is -2.15. The van der Waals surface area contributed by atoms with Crippen LogP contribution >= 0.6 is 11.6 Å². The fourth-order valence-corrected chi connectivity index (χ4v) is 3.42. The highest BCUT2D eigenvalue weighted by Gasteiger charge is 2.14. The number of benzene rings is 2. The molecule has 0 heterocycles. The Kier molecular flexibility index (Phi) is 3.82. The molecule has 0 aromatic heterocycles. The first kappa shape index (κ1) is 13.7. The van der Waals surface area contributed by atoms with Gasteiger partial charge in [-0.15, -0.1) is 0 Å². The van der Waals surface area contributed by atoms with E-state index < -0.39 is 0 Å². The Labute approximate surface area is 125 Å². The molecule has 0 radical (unpaired) electrons. The Hall–Kier alpha value is -1.31. The van der Waals surface area contributed by atoms with Crippen molar-refractivity contribution in [2.24, 2.45) is 5.73 Å². The van der Waals surface area contributed by atoms with Crippen LogP contribution < -0.4 is 5.73 Å². The second-order valence-corrected chi connectivity index (χ2v) is 6.20. The Morgan fingerprint density at radius 1 is 1.10 bits per heavy atom. The fourth-order valence-electron chi connectivity index (χ4n) is 3.05. The molecule has 2 aromatic rings. The maximum atomic E-state index is 6.34. The van der Waals surface area contributed by atoms with Crippen molar-refractivity contribution in [1.82, 2.24) is 0 Å². The Morgan fingerprint density at radius 3 is 2.70 bits per heavy atom. The summed E-state index contributed by atoms with van der Waals surface area (Å²) in [5.74, 6) is 0. The maximum absolute atomic E-state index is 6.34. The van der Waals surface area contributed by atoms with E-state index in [2.05, 4.69) is 30.3 Å². The normalized spacial score (nSPS) is 15.2. The molecule has 0 bridgehead atoms. The van der Waals surface area contributed by atoms with Gasteiger partial charge in [-0.1, -0.05) is 41.9 Å². The van der Waals surface area contributed by atoms with Crippen LogP contribution in [0.5, 0.6) is 0 Å². The van der Waals surface area contributed by atoms with E-state index in [-0.39, 0.29) is 6.04 Å². The third-order valence-electron chi connectivity index (χ3n) is 4.17. The summed E-state index contributed by atoms with van der Waals surface area (Å²) in [6.07, 6.45) is 4.57. The van der Waals surface area contributed by atoms with E-state index >= 15 is 0 Å². The molecule has 20 heavy (non-hydrogen) atoms. The minimum atomic E-state index is -0.0393. The minimum absolute atomic E-state index is 0.0393. The van der Waals surface area contributed by atoms with Gasteiger partial charge in [-0.3, -0.25) is 0 Å². The molecule has 1 nitrogen and oxygen atoms in total. The van der Waals surface area contributed by atoms with Crippen molar-refractivity contribution >= 4 is 11.6 Å². The molecule has 1 atom stereocenters. The van der Waals surface area contributed by atoms with E-state index in [1.165, 1.54) is 41.5 Å². The molecule has 0 fully saturated rings. The van der Waals surface area contributed by atoms with Gasteiger partial charge in [-0.25, -0.2) is 0 Å². The van der Waals surface area contributed by atoms with Gasteiger partial charge in [0.2, 0.25) is 0 Å². The summed E-state index contributed by atoms with van der Waals surface area (Å²) in [5, 5.41) is 0.777. The summed E-state index contributed by atoms with van der Waals surface area (Å²) in [6.45, 7) is 2.04. The molecule has 1 unspecified atom stereocenters. The van der Waals surface area contributed by atoms with Crippen LogP contribution in [0.1, 0.15) is 40.3 Å². The monoisotopic (exact) mass is 285 g/mol. The lowest BCUT2D eigenvalue weighted by atomic mass is 9.96. The highest BCUT2D eigenvalue weighted by atomic mass is 35.5. The van der Waals surface area contributed by atoms with Crippen LogP contribution in [0.25, 0.3) is 0 Å². The number of fused-ring (bicyclic) bond motifs is 1. The number of hydrogen-bond acceptors (Lipinski definition) is 1. The van der Waals surface area contributed by atoms with Gasteiger partial charge >= 0.3 is 0 Å². The first-order valence-electron chi connectivity index (χ1n) is 7.26. The molecular weight excluding hydrogens is 266 g/mol. The molecule has 0 saturated carbocycles. The van der Waals surface area contributed by atoms with Gasteiger partial charge in [0.1, 0.15) is 0 Å². The van der Waals surface area contributed by atoms with E-state index in [1.807, 2.05) is 13.0 Å². The molecule has 1 aliphatic rings. The predicted octanol–water partition coefficient (Wildman–Crippen LogP) is 4.38. The number of rotatable bonds is 3. The average Bonchev–Trinajstić information content (AvgIpc) is 2.85. The molecule has 3 rings (SSSR count). The largest absolute Gasteiger partial charge is 0.324 e. The second kappa shape index (κ2) is 5.59. The van der Waals surface area contributed by atoms with Crippen LogP contribution in [0.4, 0.5) is 0 Å². The molecule has 0 aliphatic heterocycles. The topological polar surface area (TPSA) is 26.0 Å². The molecule has 2 heteroatoms. The summed E-state index contributed by atoms with van der Waals surface area (Å²) in [4.78, 5) is 0. The molecule has 2 N–H and O–H groups in total. The van der Waals surface area contributed by atoms with E-state index in [0.29, 0.717) is 0 Å². The molecular formula is C18H20ClN. The zero-order chi connectivity index (χ0) is 14.1. The highest BCUT2D eigenvalue weighted by molar-refractivity contribution is 6.31. The van der Waals surface area contributed by atoms with E-state index in [9.17, 15) is 0 Å². The van der Waals surface area contributed by atoms with Crippen molar-refractivity contribution in [2.45, 2.75) is 38.6 Å². The van der Waals surface area contributed by atoms with Crippen LogP contribution in [-0.4, -0.2) is 0 Å². The summed E-state index contributed by atoms with van der Waals surface area (Å²) in [7, 11) is 0. The van der Waals surface area contributed by atoms with Crippen molar-refractivity contribution in [3.63, 3.8) is 0 Å². The second-order valence-electron chi connectivity index (χ2n) is 5.79. The summed E-state index contributed by atoms with van der Waals surface area (Å²) in [5.41, 5.74) is 12.9. The fraction of sp³-hybridized carbons (Fsp3) is 0.333. The Balaban J connectivity index is 1.80. The van der Waals surface area contributed by atoms with Crippen LogP contribution in [0.3, 0.4) is 0 Å². The third-order valence-corrected chi connectivity index (χ3v) is 4.50. The van der Waals surface area contributed by atoms with Gasteiger partial charge in [0.15, 0.2) is 0 Å². The lowest BCUT2D eigenvalue weighted by molar-refractivity contribution is 0.721. The van der Waals surface area contributed by atoms with Gasteiger partial charge in [0, 0.05) is 11.1 Å². The van der Waals surface area contributed by atoms with Gasteiger partial charge in [0.25, 0.3) is 0 Å². The number of aryl methyl sites for hydroxylation is 3. The molecule has 2 aromatic carbocycles. The zero-order valence-corrected chi connectivity index (χ0v) is 12.6. The van der Waals surface area contributed by atoms with Crippen molar-refractivity contribution in [3.8, 4) is 0 Å². The van der Waals surface area contributed by atoms with Crippen LogP contribution in [0, 0.1) is 6.92 Å². The van der Waals surface area contributed by atoms with Crippen LogP contribution in [0.2, 0.25) is 5.02 Å². The summed E-state index contributed by atoms with van der Waals surface area (Å²) in [6, 6.07) is 12.9. The first-order valence-corrected chi connectivity index (χ1v) is 7.63. The van der Waals surface area contributed by atoms with E-state index in [1.54, 1.807) is 0 Å². The first-order chi connectivity index (χ1) is 9.63. The van der Waals surface area contributed by atoms with Gasteiger partial charge in [-0.05, 0) is 66.5 Å². The zero-order valence-electron chi connectivity index (χ0n) is 11.8. The summed E-state index contributed by atoms with van der Waals surface area (Å²) < 4.78 is 0. The van der Waals surface area contributed by atoms with Crippen LogP contribution in [-0.2, 0) is 19.3 Å². The number of halogens is 1. The quantitative estimate of drug-likeness (QED) is 0.890. The Bertz CT molecular complexity index is 633. The SMILES string of the molecule is Cc1ccc(C(N)Cc2ccc3c(c2)CCC3)c(Cl)c1. The lowest BCUT2D eigenvalue weighted by Crippen LogP contribution is -2.14. The minimum Gasteiger partial charge on any atom is -0.324 e. The van der Waals surface area contributed by atoms with Gasteiger partial charge in [-0.2, -0.15) is 0 Å². The molecule has 0 saturated heterocycles. The van der Waals surface area contributed by atoms with E-state index in [4.69, 9.17) is 17.3 Å². The third kappa shape index (κ3) is 2.74. The summed E-state index contributed by atoms with van der Waals surface area (Å²) >= 11 is 6.30. The predicted molar refractivity (Wildman–Crippen MR) is 85.3 cm³/mol. The van der Waals surface area contributed by atoms with Gasteiger partial charge in [0.05, 0.1) is 0 Å². The number of hydrogen-bond donors (Lipinski definition) is 1. The Morgan fingerprint density at radius 2 is 1.90 bits per heavy atom. The standard InChI is InChI=1S/C18H20ClN/c1-12-5-8-16(17(19)9-12)18(20)11-13-6-7-14-3-2-4-15(14)10-13/h5-10,18H,2-4,11,20H2,1H3. The molecule has 0 spiro atoms. The smallest absolute Gasteiger partial charge is 0.0456 e. The molecule has 0 amide bonds. The number of nitrogens with two attached hydrogens (primary N) is 1. The van der Waals surface area contributed by atoms with Crippen molar-refractivity contribution in [2.75, 3.05) is 0 Å². The highest BCUT2D eigenvalue weighted by Crippen LogP contribution is 2.27. The average molecular weight is 286 g/mol. The van der Waals surface area contributed by atoms with Crippen LogP contribution in [0.15, 0.2) is 36.4 Å². The maximum Gasteiger partial charge on any atom is 0.0456 e. The molecule has 104 valence electrons.